The molecule has 0 saturated carbocycles. The molecule has 0 fully saturated rings. The number of rotatable bonds is 8. The van der Waals surface area contributed by atoms with E-state index in [0.717, 1.165) is 29.7 Å². The molecule has 0 unspecified atom stereocenters. The van der Waals surface area contributed by atoms with Gasteiger partial charge in [0.1, 0.15) is 10.7 Å². The standard InChI is InChI=1S/C20H23N3O3S/c1-3-4-10-22-18(24)16(14-21)20-23(11-12-26-2)19(25)17(27-20)13-15-8-6-5-7-9-15/h5-9,13H,3-4,10-12H2,1-2H3,(H,22,24)/b17-13-,20-16-. The third-order valence-electron chi connectivity index (χ3n) is 3.89. The van der Waals surface area contributed by atoms with Crippen LogP contribution in [-0.4, -0.2) is 30.7 Å². The lowest BCUT2D eigenvalue weighted by molar-refractivity contribution is -0.115. The first kappa shape index (κ1) is 20.6. The molecule has 1 N–H and O–H groups in total. The van der Waals surface area contributed by atoms with E-state index in [0.29, 0.717) is 22.3 Å². The van der Waals surface area contributed by atoms with E-state index >= 15 is 0 Å². The number of carbonyl (C=O) groups excluding carboxylic acids is 1. The fraction of sp³-hybridized carbons (Fsp3) is 0.350. The fourth-order valence-corrected chi connectivity index (χ4v) is 3.58. The molecule has 142 valence electrons. The van der Waals surface area contributed by atoms with E-state index in [9.17, 15) is 14.9 Å². The zero-order valence-electron chi connectivity index (χ0n) is 15.5. The minimum absolute atomic E-state index is 0.0444. The minimum Gasteiger partial charge on any atom is -0.383 e. The summed E-state index contributed by atoms with van der Waals surface area (Å²) < 4.78 is 7.35. The predicted octanol–water partition coefficient (Wildman–Crippen LogP) is 0.976. The van der Waals surface area contributed by atoms with Gasteiger partial charge in [-0.3, -0.25) is 14.2 Å². The minimum atomic E-state index is -0.454. The van der Waals surface area contributed by atoms with Crippen molar-refractivity contribution in [2.45, 2.75) is 26.3 Å². The molecule has 0 bridgehead atoms. The fourth-order valence-electron chi connectivity index (χ4n) is 2.45. The van der Waals surface area contributed by atoms with Crippen LogP contribution in [0.2, 0.25) is 0 Å². The molecule has 2 aromatic rings. The number of aromatic nitrogens is 1. The van der Waals surface area contributed by atoms with Gasteiger partial charge in [0.25, 0.3) is 11.5 Å². The second kappa shape index (κ2) is 10.5. The van der Waals surface area contributed by atoms with Crippen molar-refractivity contribution in [3.05, 3.63) is 55.4 Å². The molecule has 0 atom stereocenters. The third-order valence-corrected chi connectivity index (χ3v) is 5.02. The summed E-state index contributed by atoms with van der Waals surface area (Å²) in [6.07, 6.45) is 3.54. The number of methoxy groups -OCH3 is 1. The SMILES string of the molecule is CCCCNC(=O)/C(C#N)=c1\s/c(=C\c2ccccc2)c(=O)n1CCOC. The second-order valence-electron chi connectivity index (χ2n) is 5.87. The number of nitrogens with zero attached hydrogens (tertiary/aromatic N) is 2. The van der Waals surface area contributed by atoms with Crippen LogP contribution in [0, 0.1) is 11.3 Å². The van der Waals surface area contributed by atoms with Crippen LogP contribution in [-0.2, 0) is 16.1 Å². The Labute approximate surface area is 162 Å². The molecule has 0 aliphatic heterocycles. The Bertz CT molecular complexity index is 984. The van der Waals surface area contributed by atoms with Crippen LogP contribution in [0.4, 0.5) is 0 Å². The second-order valence-corrected chi connectivity index (χ2v) is 6.90. The Balaban J connectivity index is 2.61. The van der Waals surface area contributed by atoms with Crippen molar-refractivity contribution in [3.8, 4) is 6.07 Å². The zero-order valence-corrected chi connectivity index (χ0v) is 16.3. The lowest BCUT2D eigenvalue weighted by Gasteiger charge is -2.04. The first-order chi connectivity index (χ1) is 13.1. The molecule has 0 spiro atoms. The predicted molar refractivity (Wildman–Crippen MR) is 107 cm³/mol. The number of nitriles is 1. The van der Waals surface area contributed by atoms with Crippen molar-refractivity contribution in [3.63, 3.8) is 0 Å². The molecular formula is C20H23N3O3S. The molecule has 1 heterocycles. The van der Waals surface area contributed by atoms with Gasteiger partial charge in [0.2, 0.25) is 0 Å². The summed E-state index contributed by atoms with van der Waals surface area (Å²) in [4.78, 5) is 25.3. The van der Waals surface area contributed by atoms with E-state index in [1.54, 1.807) is 13.2 Å². The quantitative estimate of drug-likeness (QED) is 0.687. The normalized spacial score (nSPS) is 12.6. The van der Waals surface area contributed by atoms with Gasteiger partial charge in [-0.15, -0.1) is 11.3 Å². The summed E-state index contributed by atoms with van der Waals surface area (Å²) in [5.74, 6) is -0.454. The van der Waals surface area contributed by atoms with Crippen LogP contribution >= 0.6 is 11.3 Å². The summed E-state index contributed by atoms with van der Waals surface area (Å²) in [6.45, 7) is 3.10. The van der Waals surface area contributed by atoms with E-state index in [4.69, 9.17) is 4.74 Å². The van der Waals surface area contributed by atoms with E-state index in [1.165, 1.54) is 4.57 Å². The van der Waals surface area contributed by atoms with Gasteiger partial charge in [0.05, 0.1) is 17.7 Å². The smallest absolute Gasteiger partial charge is 0.269 e. The molecular weight excluding hydrogens is 362 g/mol. The van der Waals surface area contributed by atoms with Crippen LogP contribution in [0.15, 0.2) is 35.1 Å². The van der Waals surface area contributed by atoms with Gasteiger partial charge < -0.3 is 10.1 Å². The average molecular weight is 385 g/mol. The summed E-state index contributed by atoms with van der Waals surface area (Å²) >= 11 is 1.15. The number of hydrogen-bond donors (Lipinski definition) is 1. The van der Waals surface area contributed by atoms with Crippen molar-refractivity contribution in [2.75, 3.05) is 20.3 Å². The number of benzene rings is 1. The molecule has 0 saturated heterocycles. The van der Waals surface area contributed by atoms with E-state index < -0.39 is 5.91 Å². The maximum Gasteiger partial charge on any atom is 0.269 e. The number of hydrogen-bond acceptors (Lipinski definition) is 5. The number of unbranched alkanes of at least 4 members (excludes halogenated alkanes) is 1. The molecule has 7 heteroatoms. The van der Waals surface area contributed by atoms with Crippen LogP contribution in [0.3, 0.4) is 0 Å². The highest BCUT2D eigenvalue weighted by Crippen LogP contribution is 1.99. The summed E-state index contributed by atoms with van der Waals surface area (Å²) in [6, 6.07) is 11.4. The Hall–Kier alpha value is -2.69. The Morgan fingerprint density at radius 1 is 1.37 bits per heavy atom. The number of amides is 1. The highest BCUT2D eigenvalue weighted by atomic mass is 32.1. The third kappa shape index (κ3) is 5.39. The molecule has 0 radical (unpaired) electrons. The molecule has 1 aromatic carbocycles. The molecule has 1 amide bonds. The van der Waals surface area contributed by atoms with Gasteiger partial charge in [-0.2, -0.15) is 5.26 Å². The molecule has 1 aromatic heterocycles. The summed E-state index contributed by atoms with van der Waals surface area (Å²) in [5.41, 5.74) is 0.606. The largest absolute Gasteiger partial charge is 0.383 e. The Morgan fingerprint density at radius 2 is 2.11 bits per heavy atom. The number of nitrogens with one attached hydrogen (secondary N) is 1. The van der Waals surface area contributed by atoms with Gasteiger partial charge in [0, 0.05) is 13.7 Å². The highest BCUT2D eigenvalue weighted by Gasteiger charge is 2.15. The first-order valence-electron chi connectivity index (χ1n) is 8.80. The lowest BCUT2D eigenvalue weighted by Crippen LogP contribution is -2.36. The monoisotopic (exact) mass is 385 g/mol. The number of ether oxygens (including phenoxy) is 1. The van der Waals surface area contributed by atoms with Gasteiger partial charge in [-0.25, -0.2) is 0 Å². The van der Waals surface area contributed by atoms with Gasteiger partial charge in [-0.1, -0.05) is 43.7 Å². The van der Waals surface area contributed by atoms with Gasteiger partial charge in [-0.05, 0) is 18.1 Å². The van der Waals surface area contributed by atoms with Crippen molar-refractivity contribution < 1.29 is 9.53 Å². The topological polar surface area (TPSA) is 84.1 Å². The maximum atomic E-state index is 12.8. The van der Waals surface area contributed by atoms with Crippen LogP contribution in [0.5, 0.6) is 0 Å². The van der Waals surface area contributed by atoms with Gasteiger partial charge in [0.15, 0.2) is 5.57 Å². The Kier molecular flexibility index (Phi) is 7.99. The molecule has 0 aliphatic carbocycles. The van der Waals surface area contributed by atoms with Crippen molar-refractivity contribution in [1.29, 1.82) is 5.26 Å². The van der Waals surface area contributed by atoms with Crippen LogP contribution < -0.4 is 20.1 Å². The molecule has 0 aliphatic rings. The van der Waals surface area contributed by atoms with Gasteiger partial charge >= 0.3 is 0 Å². The van der Waals surface area contributed by atoms with Crippen molar-refractivity contribution in [2.24, 2.45) is 0 Å². The average Bonchev–Trinajstić information content (AvgIpc) is 2.97. The van der Waals surface area contributed by atoms with E-state index in [1.807, 2.05) is 43.3 Å². The Morgan fingerprint density at radius 3 is 2.74 bits per heavy atom. The maximum absolute atomic E-state index is 12.8. The van der Waals surface area contributed by atoms with Crippen molar-refractivity contribution >= 4 is 28.9 Å². The molecule has 27 heavy (non-hydrogen) atoms. The number of carbonyl (C=O) groups is 1. The molecule has 2 rings (SSSR count). The molecule has 6 nitrogen and oxygen atoms in total. The van der Waals surface area contributed by atoms with E-state index in [2.05, 4.69) is 5.32 Å². The van der Waals surface area contributed by atoms with E-state index in [-0.39, 0.29) is 17.7 Å². The van der Waals surface area contributed by atoms with Crippen LogP contribution in [0.1, 0.15) is 25.3 Å². The van der Waals surface area contributed by atoms with Crippen LogP contribution in [0.25, 0.3) is 11.6 Å². The summed E-state index contributed by atoms with van der Waals surface area (Å²) in [7, 11) is 1.54. The van der Waals surface area contributed by atoms with Crippen molar-refractivity contribution in [1.82, 2.24) is 9.88 Å². The lowest BCUT2D eigenvalue weighted by atomic mass is 10.2. The highest BCUT2D eigenvalue weighted by molar-refractivity contribution is 7.07. The number of thiazole rings is 1. The zero-order chi connectivity index (χ0) is 19.6. The summed E-state index contributed by atoms with van der Waals surface area (Å²) in [5, 5.41) is 12.3. The first-order valence-corrected chi connectivity index (χ1v) is 9.62.